The molecule has 8 aromatic carbocycles. The van der Waals surface area contributed by atoms with E-state index in [1.807, 2.05) is 78.6 Å². The molecule has 18 aromatic rings. The standard InChI is InChI=1S/C28H20F3N3O3S.C26H22FN3O4S.C26H24N4O4S.C23H17BrF2N2O3S/c29-20-12-24(30)27-25(13-20)34(15-18-5-3-6-19(11-18)23-8-4-10-33-28(23)31)16-26(27)38(36,37)17-22(35)14-21-7-1-2-9-32-21;1-17-10-21(29-34-17)12-22(31)16-35(32,33)26-15-30(25-5-3-2-4-23(25)26)14-20-11-18(6-7-24(20)27)19-8-9-28-13-19;1-18-10-22(28-34-18)12-23(31)17-35(32,33)26-16-30(25-9-4-3-8-24(25)26)14-19-6-5-7-20(11-19)21-13-27-29(2)15-21;24-16-5-3-4-15(8-16)12-28-13-22(23-20(26)9-17(25)10-21(23)28)32(30,31)14-19(29)11-18-6-1-2-7-27-18/h1-13,16H,14-15,17H2;2-8,10-11,13,15H,9,12,14,16H2,1H3;3-11,13,15-16H,12,14,17H2,1-2H3;1-10,13H,11-12,14H2. The second-order valence-corrected chi connectivity index (χ2v) is 42.0. The molecule has 1 aliphatic heterocycles. The van der Waals surface area contributed by atoms with Crippen LogP contribution >= 0.6 is 15.9 Å². The minimum atomic E-state index is -4.29. The van der Waals surface area contributed by atoms with Gasteiger partial charge in [0.05, 0.1) is 84.9 Å². The van der Waals surface area contributed by atoms with Crippen molar-refractivity contribution >= 4 is 134 Å². The Balaban J connectivity index is 0.000000135. The number of para-hydroxylation sites is 2. The number of sulfone groups is 4. The van der Waals surface area contributed by atoms with Crippen LogP contribution < -0.4 is 0 Å². The number of nitrogens with zero attached hydrogens (tertiary/aromatic N) is 12. The van der Waals surface area contributed by atoms with E-state index in [2.05, 4.69) is 57.4 Å². The van der Waals surface area contributed by atoms with E-state index < -0.39 is 120 Å². The largest absolute Gasteiger partial charge is 0.361 e. The summed E-state index contributed by atoms with van der Waals surface area (Å²) in [5, 5.41) is 12.3. The molecule has 0 saturated heterocycles. The van der Waals surface area contributed by atoms with E-state index in [9.17, 15) is 79.2 Å². The van der Waals surface area contributed by atoms with E-state index in [0.717, 1.165) is 55.5 Å². The van der Waals surface area contributed by atoms with Crippen molar-refractivity contribution in [2.24, 2.45) is 12.0 Å². The fraction of sp³-hybridized carbons (Fsp3) is 0.155. The van der Waals surface area contributed by atoms with E-state index in [-0.39, 0.29) is 93.2 Å². The van der Waals surface area contributed by atoms with Crippen molar-refractivity contribution in [3.8, 4) is 22.3 Å². The smallest absolute Gasteiger partial charge is 0.220 e. The maximum Gasteiger partial charge on any atom is 0.220 e. The van der Waals surface area contributed by atoms with E-state index in [1.165, 1.54) is 52.4 Å². The van der Waals surface area contributed by atoms with E-state index in [1.54, 1.807) is 175 Å². The van der Waals surface area contributed by atoms with Crippen molar-refractivity contribution in [2.45, 2.75) is 85.3 Å². The molecule has 0 N–H and O–H groups in total. The second kappa shape index (κ2) is 42.1. The van der Waals surface area contributed by atoms with Crippen molar-refractivity contribution in [2.75, 3.05) is 29.6 Å². The average Bonchev–Trinajstić information content (AvgIpc) is 1.61. The van der Waals surface area contributed by atoms with Crippen LogP contribution in [-0.4, -0.2) is 146 Å². The van der Waals surface area contributed by atoms with Crippen LogP contribution in [0.25, 0.3) is 71.4 Å². The number of Topliss-reactive ketones (excluding diaryl/α,β-unsaturated/α-hetero) is 4. The third-order valence-corrected chi connectivity index (χ3v) is 29.8. The van der Waals surface area contributed by atoms with Crippen LogP contribution in [0.3, 0.4) is 0 Å². The average molecular weight is 2040 g/mol. The summed E-state index contributed by atoms with van der Waals surface area (Å²) in [6.45, 7) is 4.86. The summed E-state index contributed by atoms with van der Waals surface area (Å²) < 4.78 is 211. The van der Waals surface area contributed by atoms with Crippen molar-refractivity contribution in [1.82, 2.24) is 53.3 Å². The highest BCUT2D eigenvalue weighted by Gasteiger charge is 2.33. The number of hydrogen-bond donors (Lipinski definition) is 0. The van der Waals surface area contributed by atoms with Gasteiger partial charge >= 0.3 is 0 Å². The van der Waals surface area contributed by atoms with Gasteiger partial charge < -0.3 is 27.3 Å². The van der Waals surface area contributed by atoms with Gasteiger partial charge in [-0.1, -0.05) is 135 Å². The molecule has 0 fully saturated rings. The monoisotopic (exact) mass is 2030 g/mol. The number of aromatic nitrogens is 11. The van der Waals surface area contributed by atoms with Gasteiger partial charge in [0.15, 0.2) is 62.5 Å². The number of carbonyl (C=O) groups excluding carboxylic acids is 4. The molecule has 11 heterocycles. The van der Waals surface area contributed by atoms with Gasteiger partial charge in [-0.15, -0.1) is 0 Å². The summed E-state index contributed by atoms with van der Waals surface area (Å²) in [4.78, 5) is 65.4. The van der Waals surface area contributed by atoms with Gasteiger partial charge in [-0.25, -0.2) is 60.6 Å². The fourth-order valence-electron chi connectivity index (χ4n) is 16.4. The first-order chi connectivity index (χ1) is 67.0. The Morgan fingerprint density at radius 3 is 1.29 bits per heavy atom. The van der Waals surface area contributed by atoms with E-state index >= 15 is 0 Å². The summed E-state index contributed by atoms with van der Waals surface area (Å²) in [7, 11) is -14.4. The van der Waals surface area contributed by atoms with Gasteiger partial charge in [-0.2, -0.15) is 9.49 Å². The molecular formula is C103H83BrF6N12O14S4. The Morgan fingerprint density at radius 2 is 0.836 bits per heavy atom. The van der Waals surface area contributed by atoms with Crippen molar-refractivity contribution < 1.29 is 88.2 Å². The van der Waals surface area contributed by atoms with Gasteiger partial charge in [0.2, 0.25) is 5.95 Å². The molecule has 0 unspecified atom stereocenters. The molecule has 0 bridgehead atoms. The Morgan fingerprint density at radius 1 is 0.393 bits per heavy atom. The maximum atomic E-state index is 14.9. The summed E-state index contributed by atoms with van der Waals surface area (Å²) in [5.74, 6) is -8.69. The number of aliphatic imine (C=N–C) groups is 1. The first-order valence-electron chi connectivity index (χ1n) is 43.3. The molecule has 140 heavy (non-hydrogen) atoms. The number of carbonyl (C=O) groups is 4. The Labute approximate surface area is 806 Å². The number of fused-ring (bicyclic) bond motifs is 4. The Bertz CT molecular complexity index is 8390. The van der Waals surface area contributed by atoms with Gasteiger partial charge in [-0.05, 0) is 150 Å². The first kappa shape index (κ1) is 98.0. The van der Waals surface area contributed by atoms with Crippen LogP contribution in [0, 0.1) is 48.9 Å². The van der Waals surface area contributed by atoms with Crippen LogP contribution in [0.2, 0.25) is 0 Å². The molecule has 0 amide bonds. The van der Waals surface area contributed by atoms with Crippen LogP contribution in [0.1, 0.15) is 62.1 Å². The zero-order chi connectivity index (χ0) is 98.9. The molecule has 19 rings (SSSR count). The molecular weight excluding hydrogens is 1950 g/mol. The highest BCUT2D eigenvalue weighted by molar-refractivity contribution is 9.10. The highest BCUT2D eigenvalue weighted by atomic mass is 79.9. The van der Waals surface area contributed by atoms with E-state index in [0.29, 0.717) is 92.5 Å². The summed E-state index contributed by atoms with van der Waals surface area (Å²) in [6.07, 6.45) is 16.8. The first-order valence-corrected chi connectivity index (χ1v) is 50.7. The highest BCUT2D eigenvalue weighted by Crippen LogP contribution is 2.37. The zero-order valence-corrected chi connectivity index (χ0v) is 79.6. The molecule has 37 heteroatoms. The molecule has 0 spiro atoms. The zero-order valence-electron chi connectivity index (χ0n) is 74.8. The van der Waals surface area contributed by atoms with E-state index in [4.69, 9.17) is 9.05 Å². The summed E-state index contributed by atoms with van der Waals surface area (Å²) in [5.41, 5.74) is 10.7. The lowest BCUT2D eigenvalue weighted by Gasteiger charge is -2.09. The van der Waals surface area contributed by atoms with Crippen LogP contribution in [0.4, 0.5) is 26.3 Å². The Kier molecular flexibility index (Phi) is 29.5. The van der Waals surface area contributed by atoms with Gasteiger partial charge in [-0.3, -0.25) is 38.8 Å². The fourth-order valence-corrected chi connectivity index (χ4v) is 22.8. The lowest BCUT2D eigenvalue weighted by Crippen LogP contribution is -2.18. The number of allylic oxidation sites excluding steroid dienone is 1. The lowest BCUT2D eigenvalue weighted by molar-refractivity contribution is -0.117. The van der Waals surface area contributed by atoms with Crippen LogP contribution in [0.5, 0.6) is 0 Å². The molecule has 26 nitrogen and oxygen atoms in total. The van der Waals surface area contributed by atoms with Crippen LogP contribution in [0.15, 0.2) is 324 Å². The normalized spacial score (nSPS) is 12.2. The molecule has 0 aliphatic carbocycles. The lowest BCUT2D eigenvalue weighted by atomic mass is 10.0. The van der Waals surface area contributed by atoms with Gasteiger partial charge in [0, 0.05) is 174 Å². The topological polar surface area (TPSA) is 345 Å². The second-order valence-electron chi connectivity index (χ2n) is 33.2. The molecule has 0 saturated carbocycles. The van der Waals surface area contributed by atoms with Gasteiger partial charge in [0.25, 0.3) is 0 Å². The van der Waals surface area contributed by atoms with Crippen LogP contribution in [-0.2, 0) is 117 Å². The number of aryl methyl sites for hydroxylation is 3. The molecule has 712 valence electrons. The molecule has 1 aliphatic rings. The molecule has 10 aromatic heterocycles. The maximum absolute atomic E-state index is 14.9. The third kappa shape index (κ3) is 23.5. The summed E-state index contributed by atoms with van der Waals surface area (Å²) >= 11 is 3.37. The number of halogens is 7. The van der Waals surface area contributed by atoms with Gasteiger partial charge in [0.1, 0.15) is 63.6 Å². The predicted molar refractivity (Wildman–Crippen MR) is 518 cm³/mol. The molecule has 0 radical (unpaired) electrons. The molecule has 0 atom stereocenters. The predicted octanol–water partition coefficient (Wildman–Crippen LogP) is 18.0. The van der Waals surface area contributed by atoms with Crippen molar-refractivity contribution in [3.63, 3.8) is 0 Å². The minimum absolute atomic E-state index is 0.0104. The number of rotatable bonds is 31. The number of ketones is 4. The van der Waals surface area contributed by atoms with Crippen molar-refractivity contribution in [3.05, 3.63) is 388 Å². The summed E-state index contributed by atoms with van der Waals surface area (Å²) in [6, 6.07) is 61.1. The quantitative estimate of drug-likeness (QED) is 0.0288. The number of pyridine rings is 3. The SMILES string of the molecule is Cc1cc(CC(=O)CS(=O)(=O)c2cn(Cc3cc(C4=CCN=C4)ccc3F)c3ccccc23)no1.Cc1cc(CC(=O)CS(=O)(=O)c2cn(Cc3cccc(-c4cnn(C)c4)c3)c3ccccc23)no1.O=C(Cc1ccccn1)CS(=O)(=O)c1cn(Cc2cccc(-c3cccnc3F)c2)c2cc(F)cc(F)c12.O=C(Cc1ccccn1)CS(=O)(=O)c1cn(Cc2cccc(Br)c2)c2cc(F)cc(F)c12. The third-order valence-electron chi connectivity index (χ3n) is 22.6. The Hall–Kier alpha value is -15.1. The number of hydrogen-bond acceptors (Lipinski definition) is 21. The number of benzene rings is 8. The minimum Gasteiger partial charge on any atom is -0.361 e. The van der Waals surface area contributed by atoms with Crippen molar-refractivity contribution in [1.29, 1.82) is 0 Å².